The summed E-state index contributed by atoms with van der Waals surface area (Å²) < 4.78 is 5.55. The number of ether oxygens (including phenoxy) is 1. The molecule has 100 valence electrons. The molecule has 0 aromatic carbocycles. The normalized spacial score (nSPS) is 32.3. The second-order valence-electron chi connectivity index (χ2n) is 5.47. The van der Waals surface area contributed by atoms with Crippen LogP contribution in [0.25, 0.3) is 0 Å². The van der Waals surface area contributed by atoms with Gasteiger partial charge in [0.15, 0.2) is 0 Å². The van der Waals surface area contributed by atoms with Crippen molar-refractivity contribution in [3.05, 3.63) is 0 Å². The highest BCUT2D eigenvalue weighted by molar-refractivity contribution is 4.84. The van der Waals surface area contributed by atoms with Crippen LogP contribution < -0.4 is 5.32 Å². The Balaban J connectivity index is 1.78. The highest BCUT2D eigenvalue weighted by Gasteiger charge is 2.26. The van der Waals surface area contributed by atoms with Crippen LogP contribution in [0, 0.1) is 0 Å². The molecule has 0 aromatic rings. The first-order valence-electron chi connectivity index (χ1n) is 7.45. The molecular formula is C14H28N2O. The SMILES string of the molecule is CCCNC1CCCC(N2CCCOCC2)C1. The lowest BCUT2D eigenvalue weighted by Gasteiger charge is -2.37. The third kappa shape index (κ3) is 4.23. The first kappa shape index (κ1) is 13.3. The Labute approximate surface area is 106 Å². The molecule has 0 aromatic heterocycles. The van der Waals surface area contributed by atoms with Crippen LogP contribution in [0.5, 0.6) is 0 Å². The zero-order chi connectivity index (χ0) is 11.9. The topological polar surface area (TPSA) is 24.5 Å². The summed E-state index contributed by atoms with van der Waals surface area (Å²) in [6.07, 6.45) is 7.97. The van der Waals surface area contributed by atoms with Crippen molar-refractivity contribution in [2.45, 2.75) is 57.5 Å². The van der Waals surface area contributed by atoms with E-state index in [4.69, 9.17) is 4.74 Å². The van der Waals surface area contributed by atoms with Crippen LogP contribution in [0.2, 0.25) is 0 Å². The van der Waals surface area contributed by atoms with Crippen LogP contribution in [0.1, 0.15) is 45.4 Å². The van der Waals surface area contributed by atoms with Crippen LogP contribution in [-0.4, -0.2) is 49.8 Å². The molecule has 1 aliphatic carbocycles. The molecule has 1 aliphatic heterocycles. The maximum absolute atomic E-state index is 5.55. The molecule has 17 heavy (non-hydrogen) atoms. The van der Waals surface area contributed by atoms with Gasteiger partial charge in [0.05, 0.1) is 6.61 Å². The monoisotopic (exact) mass is 240 g/mol. The van der Waals surface area contributed by atoms with Crippen molar-refractivity contribution >= 4 is 0 Å². The molecule has 2 rings (SSSR count). The van der Waals surface area contributed by atoms with Gasteiger partial charge in [0.25, 0.3) is 0 Å². The lowest BCUT2D eigenvalue weighted by atomic mass is 9.89. The molecule has 0 bridgehead atoms. The number of rotatable bonds is 4. The maximum atomic E-state index is 5.55. The fourth-order valence-corrected chi connectivity index (χ4v) is 3.16. The summed E-state index contributed by atoms with van der Waals surface area (Å²) in [4.78, 5) is 2.67. The average Bonchev–Trinajstić information content (AvgIpc) is 2.65. The Hall–Kier alpha value is -0.120. The molecule has 2 unspecified atom stereocenters. The summed E-state index contributed by atoms with van der Waals surface area (Å²) in [6, 6.07) is 1.57. The van der Waals surface area contributed by atoms with Crippen molar-refractivity contribution in [3.63, 3.8) is 0 Å². The van der Waals surface area contributed by atoms with Crippen molar-refractivity contribution in [3.8, 4) is 0 Å². The van der Waals surface area contributed by atoms with Gasteiger partial charge in [0.2, 0.25) is 0 Å². The zero-order valence-corrected chi connectivity index (χ0v) is 11.3. The first-order valence-corrected chi connectivity index (χ1v) is 7.45. The fraction of sp³-hybridized carbons (Fsp3) is 1.00. The molecule has 2 atom stereocenters. The molecule has 2 fully saturated rings. The quantitative estimate of drug-likeness (QED) is 0.813. The van der Waals surface area contributed by atoms with Gasteiger partial charge in [-0.2, -0.15) is 0 Å². The van der Waals surface area contributed by atoms with E-state index in [0.717, 1.165) is 31.8 Å². The fourth-order valence-electron chi connectivity index (χ4n) is 3.16. The minimum absolute atomic E-state index is 0.762. The van der Waals surface area contributed by atoms with E-state index in [1.54, 1.807) is 0 Å². The number of hydrogen-bond acceptors (Lipinski definition) is 3. The van der Waals surface area contributed by atoms with E-state index in [2.05, 4.69) is 17.1 Å². The standard InChI is InChI=1S/C14H28N2O/c1-2-7-15-13-5-3-6-14(12-13)16-8-4-10-17-11-9-16/h13-15H,2-12H2,1H3. The Morgan fingerprint density at radius 3 is 3.00 bits per heavy atom. The van der Waals surface area contributed by atoms with E-state index in [9.17, 15) is 0 Å². The highest BCUT2D eigenvalue weighted by atomic mass is 16.5. The van der Waals surface area contributed by atoms with Gasteiger partial charge in [-0.05, 0) is 38.6 Å². The molecule has 0 spiro atoms. The van der Waals surface area contributed by atoms with Gasteiger partial charge in [-0.1, -0.05) is 13.3 Å². The third-order valence-corrected chi connectivity index (χ3v) is 4.10. The number of nitrogens with one attached hydrogen (secondary N) is 1. The molecule has 0 amide bonds. The minimum atomic E-state index is 0.762. The van der Waals surface area contributed by atoms with Crippen LogP contribution in [0.15, 0.2) is 0 Å². The molecule has 3 nitrogen and oxygen atoms in total. The van der Waals surface area contributed by atoms with Gasteiger partial charge in [-0.3, -0.25) is 4.90 Å². The average molecular weight is 240 g/mol. The van der Waals surface area contributed by atoms with Gasteiger partial charge >= 0.3 is 0 Å². The van der Waals surface area contributed by atoms with Crippen LogP contribution in [0.3, 0.4) is 0 Å². The van der Waals surface area contributed by atoms with E-state index < -0.39 is 0 Å². The predicted octanol–water partition coefficient (Wildman–Crippen LogP) is 2.02. The summed E-state index contributed by atoms with van der Waals surface area (Å²) in [5.41, 5.74) is 0. The molecule has 1 heterocycles. The molecule has 2 aliphatic rings. The van der Waals surface area contributed by atoms with Crippen molar-refractivity contribution in [1.29, 1.82) is 0 Å². The third-order valence-electron chi connectivity index (χ3n) is 4.10. The number of hydrogen-bond donors (Lipinski definition) is 1. The highest BCUT2D eigenvalue weighted by Crippen LogP contribution is 2.24. The molecule has 0 radical (unpaired) electrons. The minimum Gasteiger partial charge on any atom is -0.380 e. The lowest BCUT2D eigenvalue weighted by molar-refractivity contribution is 0.114. The number of nitrogens with zero attached hydrogens (tertiary/aromatic N) is 1. The maximum Gasteiger partial charge on any atom is 0.0593 e. The Bertz CT molecular complexity index is 202. The Kier molecular flexibility index (Phi) is 5.75. The van der Waals surface area contributed by atoms with Crippen LogP contribution >= 0.6 is 0 Å². The Morgan fingerprint density at radius 1 is 1.18 bits per heavy atom. The second-order valence-corrected chi connectivity index (χ2v) is 5.47. The van der Waals surface area contributed by atoms with Crippen molar-refractivity contribution < 1.29 is 4.74 Å². The van der Waals surface area contributed by atoms with E-state index in [-0.39, 0.29) is 0 Å². The summed E-state index contributed by atoms with van der Waals surface area (Å²) in [5, 5.41) is 3.70. The lowest BCUT2D eigenvalue weighted by Crippen LogP contribution is -2.45. The van der Waals surface area contributed by atoms with Gasteiger partial charge < -0.3 is 10.1 Å². The summed E-state index contributed by atoms with van der Waals surface area (Å²) in [6.45, 7) is 7.71. The van der Waals surface area contributed by atoms with Gasteiger partial charge in [0, 0.05) is 31.8 Å². The first-order chi connectivity index (χ1) is 8.40. The molecule has 1 saturated heterocycles. The smallest absolute Gasteiger partial charge is 0.0593 e. The van der Waals surface area contributed by atoms with Crippen LogP contribution in [-0.2, 0) is 4.74 Å². The van der Waals surface area contributed by atoms with Gasteiger partial charge in [0.1, 0.15) is 0 Å². The summed E-state index contributed by atoms with van der Waals surface area (Å²) in [7, 11) is 0. The molecule has 1 N–H and O–H groups in total. The Morgan fingerprint density at radius 2 is 2.12 bits per heavy atom. The summed E-state index contributed by atoms with van der Waals surface area (Å²) >= 11 is 0. The molecular weight excluding hydrogens is 212 g/mol. The molecule has 3 heteroatoms. The largest absolute Gasteiger partial charge is 0.380 e. The van der Waals surface area contributed by atoms with Crippen molar-refractivity contribution in [2.24, 2.45) is 0 Å². The molecule has 1 saturated carbocycles. The van der Waals surface area contributed by atoms with E-state index in [1.807, 2.05) is 0 Å². The van der Waals surface area contributed by atoms with Gasteiger partial charge in [-0.15, -0.1) is 0 Å². The summed E-state index contributed by atoms with van der Waals surface area (Å²) in [5.74, 6) is 0. The van der Waals surface area contributed by atoms with Crippen molar-refractivity contribution in [2.75, 3.05) is 32.8 Å². The van der Waals surface area contributed by atoms with Gasteiger partial charge in [-0.25, -0.2) is 0 Å². The van der Waals surface area contributed by atoms with E-state index in [1.165, 1.54) is 51.6 Å². The second kappa shape index (κ2) is 7.34. The predicted molar refractivity (Wildman–Crippen MR) is 71.3 cm³/mol. The van der Waals surface area contributed by atoms with Crippen molar-refractivity contribution in [1.82, 2.24) is 10.2 Å². The van der Waals surface area contributed by atoms with Crippen LogP contribution in [0.4, 0.5) is 0 Å². The van der Waals surface area contributed by atoms with E-state index >= 15 is 0 Å². The van der Waals surface area contributed by atoms with E-state index in [0.29, 0.717) is 0 Å². The zero-order valence-electron chi connectivity index (χ0n) is 11.3.